The molecule has 0 saturated heterocycles. The van der Waals surface area contributed by atoms with Gasteiger partial charge in [-0.3, -0.25) is 0 Å². The number of rotatable bonds is 7. The maximum absolute atomic E-state index is 15.2. The Balaban J connectivity index is 5.26. The maximum Gasteiger partial charge on any atom is 0.344 e. The summed E-state index contributed by atoms with van der Waals surface area (Å²) in [5.74, 6) is -6.02. The summed E-state index contributed by atoms with van der Waals surface area (Å²) in [5, 5.41) is 0. The van der Waals surface area contributed by atoms with Crippen LogP contribution in [-0.2, 0) is 9.53 Å². The summed E-state index contributed by atoms with van der Waals surface area (Å²) in [6.07, 6.45) is -3.68. The lowest BCUT2D eigenvalue weighted by molar-refractivity contribution is -0.196. The normalized spacial score (nSPS) is 16.5. The van der Waals surface area contributed by atoms with Crippen molar-refractivity contribution in [1.82, 2.24) is 0 Å². The quantitative estimate of drug-likeness (QED) is 0.484. The predicted octanol–water partition coefficient (Wildman–Crippen LogP) is 5.01. The average molecular weight is 332 g/mol. The highest BCUT2D eigenvalue weighted by molar-refractivity contribution is 5.80. The Morgan fingerprint density at radius 3 is 1.82 bits per heavy atom. The molecule has 0 bridgehead atoms. The Hall–Kier alpha value is -0.880. The Kier molecular flexibility index (Phi) is 6.44. The van der Waals surface area contributed by atoms with Gasteiger partial charge in [-0.15, -0.1) is 0 Å². The standard InChI is InChI=1S/C15H25F5O2/c1-7-13(5,6)8-14(18,12(2,3)4)11(21)22-9-15(19,20)10(16)17/h10H,7-9H2,1-6H3. The molecule has 1 unspecified atom stereocenters. The fourth-order valence-electron chi connectivity index (χ4n) is 1.77. The third-order valence-electron chi connectivity index (χ3n) is 3.91. The second-order valence-electron chi connectivity index (χ2n) is 7.38. The van der Waals surface area contributed by atoms with E-state index in [1.807, 2.05) is 0 Å². The van der Waals surface area contributed by atoms with Gasteiger partial charge < -0.3 is 4.74 Å². The lowest BCUT2D eigenvalue weighted by Gasteiger charge is -2.40. The molecule has 0 aromatic heterocycles. The molecule has 0 aliphatic carbocycles. The van der Waals surface area contributed by atoms with Gasteiger partial charge in [0.1, 0.15) is 0 Å². The van der Waals surface area contributed by atoms with Crippen molar-refractivity contribution in [3.63, 3.8) is 0 Å². The molecule has 2 nitrogen and oxygen atoms in total. The first-order valence-electron chi connectivity index (χ1n) is 7.11. The van der Waals surface area contributed by atoms with Gasteiger partial charge in [0, 0.05) is 5.41 Å². The third kappa shape index (κ3) is 5.09. The highest BCUT2D eigenvalue weighted by Crippen LogP contribution is 2.45. The Bertz CT molecular complexity index is 388. The summed E-state index contributed by atoms with van der Waals surface area (Å²) in [6, 6.07) is 0. The fourth-order valence-corrected chi connectivity index (χ4v) is 1.77. The van der Waals surface area contributed by atoms with Gasteiger partial charge in [-0.2, -0.15) is 8.78 Å². The van der Waals surface area contributed by atoms with Crippen LogP contribution in [0.2, 0.25) is 0 Å². The molecule has 0 saturated carbocycles. The second kappa shape index (κ2) is 6.71. The highest BCUT2D eigenvalue weighted by atomic mass is 19.3. The lowest BCUT2D eigenvalue weighted by atomic mass is 9.68. The molecule has 0 aliphatic rings. The first-order chi connectivity index (χ1) is 9.59. The molecular formula is C15H25F5O2. The molecule has 0 heterocycles. The summed E-state index contributed by atoms with van der Waals surface area (Å²) >= 11 is 0. The van der Waals surface area contributed by atoms with E-state index in [2.05, 4.69) is 4.74 Å². The van der Waals surface area contributed by atoms with Crippen LogP contribution >= 0.6 is 0 Å². The van der Waals surface area contributed by atoms with E-state index in [-0.39, 0.29) is 6.42 Å². The summed E-state index contributed by atoms with van der Waals surface area (Å²) in [4.78, 5) is 12.0. The van der Waals surface area contributed by atoms with Crippen LogP contribution < -0.4 is 0 Å². The van der Waals surface area contributed by atoms with Crippen LogP contribution in [0.3, 0.4) is 0 Å². The monoisotopic (exact) mass is 332 g/mol. The molecule has 0 radical (unpaired) electrons. The number of carbonyl (C=O) groups excluding carboxylic acids is 1. The van der Waals surface area contributed by atoms with Crippen molar-refractivity contribution in [2.75, 3.05) is 6.61 Å². The molecule has 0 N–H and O–H groups in total. The molecule has 7 heteroatoms. The van der Waals surface area contributed by atoms with Crippen LogP contribution in [0.4, 0.5) is 22.0 Å². The molecule has 0 aliphatic heterocycles. The fraction of sp³-hybridized carbons (Fsp3) is 0.933. The number of alkyl halides is 5. The van der Waals surface area contributed by atoms with Gasteiger partial charge in [-0.05, 0) is 11.8 Å². The molecular weight excluding hydrogens is 307 g/mol. The zero-order chi connectivity index (χ0) is 18.0. The minimum atomic E-state index is -4.49. The van der Waals surface area contributed by atoms with E-state index < -0.39 is 41.4 Å². The Labute approximate surface area is 128 Å². The smallest absolute Gasteiger partial charge is 0.344 e. The van der Waals surface area contributed by atoms with Crippen molar-refractivity contribution in [2.45, 2.75) is 72.4 Å². The van der Waals surface area contributed by atoms with Gasteiger partial charge in [0.2, 0.25) is 5.67 Å². The number of hydrogen-bond donors (Lipinski definition) is 0. The molecule has 0 rings (SSSR count). The average Bonchev–Trinajstić information content (AvgIpc) is 2.33. The van der Waals surface area contributed by atoms with E-state index in [9.17, 15) is 22.4 Å². The zero-order valence-electron chi connectivity index (χ0n) is 13.9. The minimum absolute atomic E-state index is 0.251. The van der Waals surface area contributed by atoms with E-state index in [0.717, 1.165) is 0 Å². The third-order valence-corrected chi connectivity index (χ3v) is 3.91. The van der Waals surface area contributed by atoms with Gasteiger partial charge in [-0.25, -0.2) is 18.0 Å². The lowest BCUT2D eigenvalue weighted by Crippen LogP contribution is -2.51. The molecule has 0 fully saturated rings. The van der Waals surface area contributed by atoms with Crippen LogP contribution in [0, 0.1) is 10.8 Å². The summed E-state index contributed by atoms with van der Waals surface area (Å²) < 4.78 is 69.3. The molecule has 22 heavy (non-hydrogen) atoms. The van der Waals surface area contributed by atoms with Crippen LogP contribution in [0.25, 0.3) is 0 Å². The second-order valence-corrected chi connectivity index (χ2v) is 7.38. The number of ether oxygens (including phenoxy) is 1. The van der Waals surface area contributed by atoms with Crippen molar-refractivity contribution in [3.8, 4) is 0 Å². The van der Waals surface area contributed by atoms with Gasteiger partial charge in [-0.1, -0.05) is 48.0 Å². The van der Waals surface area contributed by atoms with E-state index in [4.69, 9.17) is 0 Å². The van der Waals surface area contributed by atoms with Crippen LogP contribution in [-0.4, -0.2) is 30.6 Å². The maximum atomic E-state index is 15.2. The molecule has 0 spiro atoms. The van der Waals surface area contributed by atoms with Gasteiger partial charge in [0.05, 0.1) is 0 Å². The predicted molar refractivity (Wildman–Crippen MR) is 73.9 cm³/mol. The van der Waals surface area contributed by atoms with Gasteiger partial charge in [0.25, 0.3) is 0 Å². The van der Waals surface area contributed by atoms with Crippen molar-refractivity contribution in [3.05, 3.63) is 0 Å². The Morgan fingerprint density at radius 2 is 1.50 bits per heavy atom. The van der Waals surface area contributed by atoms with Crippen molar-refractivity contribution in [1.29, 1.82) is 0 Å². The number of carbonyl (C=O) groups is 1. The minimum Gasteiger partial charge on any atom is -0.457 e. The first kappa shape index (κ1) is 21.1. The van der Waals surface area contributed by atoms with Crippen molar-refractivity contribution in [2.24, 2.45) is 10.8 Å². The summed E-state index contributed by atoms with van der Waals surface area (Å²) in [5.41, 5.74) is -4.35. The molecule has 0 aromatic rings. The summed E-state index contributed by atoms with van der Waals surface area (Å²) in [6.45, 7) is 7.74. The highest BCUT2D eigenvalue weighted by Gasteiger charge is 2.54. The van der Waals surface area contributed by atoms with E-state index >= 15 is 4.39 Å². The van der Waals surface area contributed by atoms with Crippen molar-refractivity contribution >= 4 is 5.97 Å². The van der Waals surface area contributed by atoms with Crippen LogP contribution in [0.5, 0.6) is 0 Å². The first-order valence-corrected chi connectivity index (χ1v) is 7.11. The van der Waals surface area contributed by atoms with Gasteiger partial charge >= 0.3 is 18.3 Å². The largest absolute Gasteiger partial charge is 0.457 e. The number of halogens is 5. The molecule has 132 valence electrons. The van der Waals surface area contributed by atoms with E-state index in [1.165, 1.54) is 20.8 Å². The topological polar surface area (TPSA) is 26.3 Å². The van der Waals surface area contributed by atoms with Crippen molar-refractivity contribution < 1.29 is 31.5 Å². The zero-order valence-corrected chi connectivity index (χ0v) is 13.9. The molecule has 1 atom stereocenters. The summed E-state index contributed by atoms with van der Waals surface area (Å²) in [7, 11) is 0. The van der Waals surface area contributed by atoms with E-state index in [0.29, 0.717) is 6.42 Å². The van der Waals surface area contributed by atoms with Crippen LogP contribution in [0.15, 0.2) is 0 Å². The van der Waals surface area contributed by atoms with Gasteiger partial charge in [0.15, 0.2) is 6.61 Å². The van der Waals surface area contributed by atoms with Crippen LogP contribution in [0.1, 0.15) is 54.4 Å². The van der Waals surface area contributed by atoms with E-state index in [1.54, 1.807) is 20.8 Å². The SMILES string of the molecule is CCC(C)(C)CC(F)(C(=O)OCC(F)(F)C(F)F)C(C)(C)C. The molecule has 0 amide bonds. The number of esters is 1. The molecule has 0 aromatic carbocycles. The Morgan fingerprint density at radius 1 is 1.05 bits per heavy atom. The number of hydrogen-bond acceptors (Lipinski definition) is 2.